The fraction of sp³-hybridized carbons (Fsp3) is 0.625. The monoisotopic (exact) mass is 278 g/mol. The molecule has 0 fully saturated rings. The summed E-state index contributed by atoms with van der Waals surface area (Å²) < 4.78 is 0. The highest BCUT2D eigenvalue weighted by atomic mass is 32.2. The van der Waals surface area contributed by atoms with E-state index in [2.05, 4.69) is 67.0 Å². The smallest absolute Gasteiger partial charge is 0.0263 e. The summed E-state index contributed by atoms with van der Waals surface area (Å²) in [5.41, 5.74) is 1.54. The van der Waals surface area contributed by atoms with E-state index in [4.69, 9.17) is 0 Å². The molecule has 1 aliphatic rings. The molecule has 0 aliphatic carbocycles. The summed E-state index contributed by atoms with van der Waals surface area (Å²) in [6, 6.07) is 9.43. The minimum Gasteiger partial charge on any atom is -0.313 e. The Hall–Kier alpha value is -0.510. The van der Waals surface area contributed by atoms with Crippen LogP contribution in [-0.2, 0) is 6.42 Å². The first kappa shape index (κ1) is 14.9. The number of fused-ring (bicyclic) bond motifs is 1. The number of likely N-dealkylation sites (N-methyl/N-ethyl adjacent to an activating group) is 1. The van der Waals surface area contributed by atoms with Gasteiger partial charge in [-0.25, -0.2) is 0 Å². The lowest BCUT2D eigenvalue weighted by Crippen LogP contribution is -2.38. The van der Waals surface area contributed by atoms with Crippen molar-refractivity contribution in [3.05, 3.63) is 29.8 Å². The minimum absolute atomic E-state index is 0.587. The van der Waals surface area contributed by atoms with Crippen molar-refractivity contribution >= 4 is 11.8 Å². The van der Waals surface area contributed by atoms with Crippen LogP contribution in [0.15, 0.2) is 29.2 Å². The number of thioether (sulfide) groups is 1. The maximum absolute atomic E-state index is 3.50. The van der Waals surface area contributed by atoms with E-state index in [0.29, 0.717) is 6.04 Å². The van der Waals surface area contributed by atoms with E-state index in [1.807, 2.05) is 0 Å². The standard InChI is InChI=1S/C16H26N2S/c1-4-18(10-9-17-13(2)3)12-15-11-14-7-5-6-8-16(14)19-15/h5-8,13,15,17H,4,9-12H2,1-3H3. The summed E-state index contributed by atoms with van der Waals surface area (Å²) in [5.74, 6) is 0. The quantitative estimate of drug-likeness (QED) is 0.825. The van der Waals surface area contributed by atoms with Gasteiger partial charge in [0.2, 0.25) is 0 Å². The van der Waals surface area contributed by atoms with E-state index in [9.17, 15) is 0 Å². The second kappa shape index (κ2) is 7.32. The zero-order valence-electron chi connectivity index (χ0n) is 12.4. The van der Waals surface area contributed by atoms with Crippen LogP contribution in [0.1, 0.15) is 26.3 Å². The Labute approximate surface area is 122 Å². The molecule has 0 aromatic heterocycles. The summed E-state index contributed by atoms with van der Waals surface area (Å²) >= 11 is 2.06. The molecule has 1 atom stereocenters. The number of hydrogen-bond donors (Lipinski definition) is 1. The molecule has 0 amide bonds. The Morgan fingerprint density at radius 2 is 2.16 bits per heavy atom. The van der Waals surface area contributed by atoms with Crippen LogP contribution in [0.25, 0.3) is 0 Å². The van der Waals surface area contributed by atoms with Crippen molar-refractivity contribution in [3.63, 3.8) is 0 Å². The van der Waals surface area contributed by atoms with Gasteiger partial charge in [-0.3, -0.25) is 0 Å². The summed E-state index contributed by atoms with van der Waals surface area (Å²) in [4.78, 5) is 4.06. The molecule has 2 nitrogen and oxygen atoms in total. The third-order valence-electron chi connectivity index (χ3n) is 3.60. The summed E-state index contributed by atoms with van der Waals surface area (Å²) in [5, 5.41) is 4.24. The first-order chi connectivity index (χ1) is 9.19. The van der Waals surface area contributed by atoms with E-state index >= 15 is 0 Å². The van der Waals surface area contributed by atoms with Crippen LogP contribution >= 0.6 is 11.8 Å². The topological polar surface area (TPSA) is 15.3 Å². The molecule has 1 aromatic rings. The molecule has 3 heteroatoms. The lowest BCUT2D eigenvalue weighted by Gasteiger charge is -2.24. The summed E-state index contributed by atoms with van der Waals surface area (Å²) in [6.45, 7) is 11.3. The molecule has 0 radical (unpaired) electrons. The number of benzene rings is 1. The van der Waals surface area contributed by atoms with E-state index in [1.165, 1.54) is 23.4 Å². The van der Waals surface area contributed by atoms with Gasteiger partial charge in [0.05, 0.1) is 0 Å². The molecule has 0 bridgehead atoms. The Kier molecular flexibility index (Phi) is 5.74. The average Bonchev–Trinajstić information content (AvgIpc) is 2.79. The van der Waals surface area contributed by atoms with Gasteiger partial charge in [0, 0.05) is 35.8 Å². The molecule has 1 aromatic carbocycles. The predicted octanol–water partition coefficient (Wildman–Crippen LogP) is 3.02. The molecule has 1 unspecified atom stereocenters. The zero-order valence-corrected chi connectivity index (χ0v) is 13.2. The van der Waals surface area contributed by atoms with Crippen LogP contribution in [0.3, 0.4) is 0 Å². The van der Waals surface area contributed by atoms with Crippen LogP contribution in [-0.4, -0.2) is 42.4 Å². The molecule has 0 spiro atoms. The maximum Gasteiger partial charge on any atom is 0.0263 e. The van der Waals surface area contributed by atoms with Gasteiger partial charge in [0.1, 0.15) is 0 Å². The highest BCUT2D eigenvalue weighted by Gasteiger charge is 2.23. The summed E-state index contributed by atoms with van der Waals surface area (Å²) in [6.07, 6.45) is 1.23. The van der Waals surface area contributed by atoms with Crippen LogP contribution in [0, 0.1) is 0 Å². The fourth-order valence-electron chi connectivity index (χ4n) is 2.53. The molecule has 1 aliphatic heterocycles. The number of hydrogen-bond acceptors (Lipinski definition) is 3. The van der Waals surface area contributed by atoms with Crippen molar-refractivity contribution in [3.8, 4) is 0 Å². The van der Waals surface area contributed by atoms with Gasteiger partial charge < -0.3 is 10.2 Å². The van der Waals surface area contributed by atoms with Crippen molar-refractivity contribution in [1.29, 1.82) is 0 Å². The van der Waals surface area contributed by atoms with Crippen LogP contribution in [0.4, 0.5) is 0 Å². The van der Waals surface area contributed by atoms with Gasteiger partial charge in [-0.05, 0) is 24.6 Å². The van der Waals surface area contributed by atoms with E-state index in [1.54, 1.807) is 0 Å². The number of nitrogens with zero attached hydrogens (tertiary/aromatic N) is 1. The minimum atomic E-state index is 0.587. The molecule has 2 rings (SSSR count). The molecular formula is C16H26N2S. The molecule has 0 saturated carbocycles. The Morgan fingerprint density at radius 1 is 1.37 bits per heavy atom. The van der Waals surface area contributed by atoms with E-state index in [0.717, 1.165) is 24.9 Å². The van der Waals surface area contributed by atoms with Crippen molar-refractivity contribution < 1.29 is 0 Å². The average molecular weight is 278 g/mol. The van der Waals surface area contributed by atoms with E-state index in [-0.39, 0.29) is 0 Å². The van der Waals surface area contributed by atoms with Crippen molar-refractivity contribution in [2.75, 3.05) is 26.2 Å². The molecule has 1 N–H and O–H groups in total. The lowest BCUT2D eigenvalue weighted by atomic mass is 10.1. The van der Waals surface area contributed by atoms with Crippen molar-refractivity contribution in [2.45, 2.75) is 43.4 Å². The van der Waals surface area contributed by atoms with Gasteiger partial charge >= 0.3 is 0 Å². The van der Waals surface area contributed by atoms with Gasteiger partial charge in [-0.2, -0.15) is 0 Å². The lowest BCUT2D eigenvalue weighted by molar-refractivity contribution is 0.285. The first-order valence-corrected chi connectivity index (χ1v) is 8.27. The van der Waals surface area contributed by atoms with Gasteiger partial charge in [0.15, 0.2) is 0 Å². The molecule has 1 heterocycles. The maximum atomic E-state index is 3.50. The second-order valence-corrected chi connectivity index (χ2v) is 6.90. The highest BCUT2D eigenvalue weighted by Crippen LogP contribution is 2.36. The van der Waals surface area contributed by atoms with Gasteiger partial charge in [-0.15, -0.1) is 11.8 Å². The molecular weight excluding hydrogens is 252 g/mol. The molecule has 106 valence electrons. The Balaban J connectivity index is 1.78. The third-order valence-corrected chi connectivity index (χ3v) is 4.90. The Morgan fingerprint density at radius 3 is 2.84 bits per heavy atom. The third kappa shape index (κ3) is 4.51. The number of nitrogens with one attached hydrogen (secondary N) is 1. The first-order valence-electron chi connectivity index (χ1n) is 7.39. The summed E-state index contributed by atoms with van der Waals surface area (Å²) in [7, 11) is 0. The van der Waals surface area contributed by atoms with Crippen LogP contribution in [0.2, 0.25) is 0 Å². The SMILES string of the molecule is CCN(CCNC(C)C)CC1Cc2ccccc2S1. The van der Waals surface area contributed by atoms with Crippen molar-refractivity contribution in [2.24, 2.45) is 0 Å². The van der Waals surface area contributed by atoms with E-state index < -0.39 is 0 Å². The largest absolute Gasteiger partial charge is 0.313 e. The number of rotatable bonds is 7. The highest BCUT2D eigenvalue weighted by molar-refractivity contribution is 8.00. The molecule has 19 heavy (non-hydrogen) atoms. The predicted molar refractivity (Wildman–Crippen MR) is 85.0 cm³/mol. The van der Waals surface area contributed by atoms with Gasteiger partial charge in [-0.1, -0.05) is 39.0 Å². The normalized spacial score (nSPS) is 18.3. The van der Waals surface area contributed by atoms with Crippen LogP contribution in [0.5, 0.6) is 0 Å². The second-order valence-electron chi connectivity index (χ2n) is 5.55. The van der Waals surface area contributed by atoms with Crippen molar-refractivity contribution in [1.82, 2.24) is 10.2 Å². The van der Waals surface area contributed by atoms with Crippen LogP contribution < -0.4 is 5.32 Å². The van der Waals surface area contributed by atoms with Gasteiger partial charge in [0.25, 0.3) is 0 Å². The Bertz CT molecular complexity index is 367. The fourth-order valence-corrected chi connectivity index (χ4v) is 3.90. The molecule has 0 saturated heterocycles. The zero-order chi connectivity index (χ0) is 13.7.